The Morgan fingerprint density at radius 1 is 1.36 bits per heavy atom. The Labute approximate surface area is 68.0 Å². The molecule has 2 rings (SSSR count). The number of nitrogens with one attached hydrogen (secondary N) is 1. The molecule has 1 saturated carbocycles. The van der Waals surface area contributed by atoms with Crippen molar-refractivity contribution in [2.24, 2.45) is 11.8 Å². The van der Waals surface area contributed by atoms with Gasteiger partial charge in [-0.15, -0.1) is 0 Å². The summed E-state index contributed by atoms with van der Waals surface area (Å²) in [4.78, 5) is 0. The normalized spacial score (nSPS) is 29.2. The van der Waals surface area contributed by atoms with E-state index in [0.29, 0.717) is 5.92 Å². The van der Waals surface area contributed by atoms with E-state index in [2.05, 4.69) is 5.32 Å². The molecule has 1 atom stereocenters. The van der Waals surface area contributed by atoms with Crippen LogP contribution >= 0.6 is 0 Å². The molecule has 2 nitrogen and oxygen atoms in total. The third-order valence-corrected chi connectivity index (χ3v) is 3.16. The molecule has 1 heterocycles. The summed E-state index contributed by atoms with van der Waals surface area (Å²) in [5, 5.41) is 12.9. The lowest BCUT2D eigenvalue weighted by Gasteiger charge is -2.35. The van der Waals surface area contributed by atoms with Crippen LogP contribution < -0.4 is 5.32 Å². The smallest absolute Gasteiger partial charge is 0.0595 e. The second-order valence-electron chi connectivity index (χ2n) is 4.02. The molecule has 1 aliphatic heterocycles. The van der Waals surface area contributed by atoms with Crippen molar-refractivity contribution in [2.75, 3.05) is 13.1 Å². The molecule has 0 amide bonds. The largest absolute Gasteiger partial charge is 0.393 e. The van der Waals surface area contributed by atoms with Crippen molar-refractivity contribution in [1.29, 1.82) is 0 Å². The van der Waals surface area contributed by atoms with Gasteiger partial charge in [0.05, 0.1) is 6.10 Å². The molecule has 2 N–H and O–H groups in total. The fourth-order valence-corrected chi connectivity index (χ4v) is 1.85. The Morgan fingerprint density at radius 3 is 2.45 bits per heavy atom. The van der Waals surface area contributed by atoms with Crippen LogP contribution in [0.4, 0.5) is 0 Å². The Bertz CT molecular complexity index is 130. The average molecular weight is 155 g/mol. The molecule has 0 radical (unpaired) electrons. The van der Waals surface area contributed by atoms with E-state index >= 15 is 0 Å². The average Bonchev–Trinajstić information content (AvgIpc) is 1.74. The van der Waals surface area contributed by atoms with Gasteiger partial charge in [-0.05, 0) is 12.3 Å². The van der Waals surface area contributed by atoms with Crippen LogP contribution in [0.1, 0.15) is 25.7 Å². The zero-order valence-electron chi connectivity index (χ0n) is 6.92. The van der Waals surface area contributed by atoms with Gasteiger partial charge in [-0.2, -0.15) is 0 Å². The molecule has 1 saturated heterocycles. The minimum Gasteiger partial charge on any atom is -0.393 e. The fourth-order valence-electron chi connectivity index (χ4n) is 1.85. The third kappa shape index (κ3) is 1.57. The summed E-state index contributed by atoms with van der Waals surface area (Å²) < 4.78 is 0. The third-order valence-electron chi connectivity index (χ3n) is 3.16. The van der Waals surface area contributed by atoms with Gasteiger partial charge in [0.25, 0.3) is 0 Å². The zero-order valence-corrected chi connectivity index (χ0v) is 6.92. The van der Waals surface area contributed by atoms with E-state index in [4.69, 9.17) is 0 Å². The standard InChI is InChI=1S/C9H17NO/c11-9(8-5-10-6-8)4-7-2-1-3-7/h7-11H,1-6H2. The Kier molecular flexibility index (Phi) is 2.14. The first-order valence-electron chi connectivity index (χ1n) is 4.75. The van der Waals surface area contributed by atoms with Crippen molar-refractivity contribution < 1.29 is 5.11 Å². The molecule has 0 aromatic heterocycles. The van der Waals surface area contributed by atoms with Crippen molar-refractivity contribution >= 4 is 0 Å². The molecule has 2 heteroatoms. The SMILES string of the molecule is OC(CC1CCC1)C1CNC1. The first-order valence-corrected chi connectivity index (χ1v) is 4.75. The van der Waals surface area contributed by atoms with E-state index in [1.54, 1.807) is 0 Å². The minimum atomic E-state index is -0.0125. The lowest BCUT2D eigenvalue weighted by molar-refractivity contribution is 0.0426. The molecule has 2 aliphatic rings. The first kappa shape index (κ1) is 7.56. The summed E-state index contributed by atoms with van der Waals surface area (Å²) >= 11 is 0. The summed E-state index contributed by atoms with van der Waals surface area (Å²) in [5.74, 6) is 1.42. The number of rotatable bonds is 3. The van der Waals surface area contributed by atoms with Crippen LogP contribution in [0.5, 0.6) is 0 Å². The summed E-state index contributed by atoms with van der Waals surface area (Å²) in [6.45, 7) is 2.07. The molecule has 1 unspecified atom stereocenters. The van der Waals surface area contributed by atoms with Gasteiger partial charge in [0.1, 0.15) is 0 Å². The van der Waals surface area contributed by atoms with Gasteiger partial charge in [0.15, 0.2) is 0 Å². The molecule has 0 aromatic carbocycles. The maximum Gasteiger partial charge on any atom is 0.0595 e. The maximum absolute atomic E-state index is 9.66. The second-order valence-corrected chi connectivity index (χ2v) is 4.02. The number of hydrogen-bond donors (Lipinski definition) is 2. The molecule has 2 fully saturated rings. The van der Waals surface area contributed by atoms with Crippen molar-refractivity contribution in [3.8, 4) is 0 Å². The van der Waals surface area contributed by atoms with Crippen LogP contribution in [0.15, 0.2) is 0 Å². The van der Waals surface area contributed by atoms with Gasteiger partial charge in [-0.25, -0.2) is 0 Å². The van der Waals surface area contributed by atoms with E-state index in [0.717, 1.165) is 25.4 Å². The van der Waals surface area contributed by atoms with E-state index in [1.165, 1.54) is 19.3 Å². The van der Waals surface area contributed by atoms with Crippen LogP contribution in [-0.4, -0.2) is 24.3 Å². The number of hydrogen-bond acceptors (Lipinski definition) is 2. The second kappa shape index (κ2) is 3.11. The van der Waals surface area contributed by atoms with E-state index < -0.39 is 0 Å². The van der Waals surface area contributed by atoms with Crippen LogP contribution in [-0.2, 0) is 0 Å². The molecule has 64 valence electrons. The van der Waals surface area contributed by atoms with Crippen molar-refractivity contribution in [2.45, 2.75) is 31.8 Å². The lowest BCUT2D eigenvalue weighted by atomic mass is 9.78. The monoisotopic (exact) mass is 155 g/mol. The lowest BCUT2D eigenvalue weighted by Crippen LogP contribution is -2.49. The topological polar surface area (TPSA) is 32.3 Å². The van der Waals surface area contributed by atoms with Crippen molar-refractivity contribution in [1.82, 2.24) is 5.32 Å². The minimum absolute atomic E-state index is 0.0125. The molecular formula is C9H17NO. The Balaban J connectivity index is 1.67. The van der Waals surface area contributed by atoms with Gasteiger partial charge in [0.2, 0.25) is 0 Å². The fraction of sp³-hybridized carbons (Fsp3) is 1.00. The number of aliphatic hydroxyl groups is 1. The highest BCUT2D eigenvalue weighted by Gasteiger charge is 2.29. The number of aliphatic hydroxyl groups excluding tert-OH is 1. The molecular weight excluding hydrogens is 138 g/mol. The van der Waals surface area contributed by atoms with Gasteiger partial charge in [-0.1, -0.05) is 19.3 Å². The summed E-state index contributed by atoms with van der Waals surface area (Å²) in [6, 6.07) is 0. The van der Waals surface area contributed by atoms with E-state index in [-0.39, 0.29) is 6.10 Å². The van der Waals surface area contributed by atoms with Crippen molar-refractivity contribution in [3.63, 3.8) is 0 Å². The van der Waals surface area contributed by atoms with E-state index in [9.17, 15) is 5.11 Å². The molecule has 1 aliphatic carbocycles. The predicted molar refractivity (Wildman–Crippen MR) is 44.3 cm³/mol. The first-order chi connectivity index (χ1) is 5.36. The van der Waals surface area contributed by atoms with Gasteiger partial charge in [0, 0.05) is 19.0 Å². The Hall–Kier alpha value is -0.0800. The molecule has 0 spiro atoms. The summed E-state index contributed by atoms with van der Waals surface area (Å²) in [6.07, 6.45) is 5.16. The summed E-state index contributed by atoms with van der Waals surface area (Å²) in [7, 11) is 0. The van der Waals surface area contributed by atoms with Crippen LogP contribution in [0, 0.1) is 11.8 Å². The highest BCUT2D eigenvalue weighted by molar-refractivity contribution is 4.84. The molecule has 11 heavy (non-hydrogen) atoms. The molecule has 0 aromatic rings. The highest BCUT2D eigenvalue weighted by atomic mass is 16.3. The quantitative estimate of drug-likeness (QED) is 0.630. The van der Waals surface area contributed by atoms with E-state index in [1.807, 2.05) is 0 Å². The van der Waals surface area contributed by atoms with Crippen LogP contribution in [0.25, 0.3) is 0 Å². The van der Waals surface area contributed by atoms with Gasteiger partial charge >= 0.3 is 0 Å². The van der Waals surface area contributed by atoms with Crippen LogP contribution in [0.3, 0.4) is 0 Å². The van der Waals surface area contributed by atoms with Gasteiger partial charge in [-0.3, -0.25) is 0 Å². The van der Waals surface area contributed by atoms with Gasteiger partial charge < -0.3 is 10.4 Å². The zero-order chi connectivity index (χ0) is 7.68. The Morgan fingerprint density at radius 2 is 2.09 bits per heavy atom. The summed E-state index contributed by atoms with van der Waals surface area (Å²) in [5.41, 5.74) is 0. The van der Waals surface area contributed by atoms with Crippen molar-refractivity contribution in [3.05, 3.63) is 0 Å². The highest BCUT2D eigenvalue weighted by Crippen LogP contribution is 2.32. The maximum atomic E-state index is 9.66. The molecule has 0 bridgehead atoms. The predicted octanol–water partition coefficient (Wildman–Crippen LogP) is 0.757. The van der Waals surface area contributed by atoms with Crippen LogP contribution in [0.2, 0.25) is 0 Å².